The van der Waals surface area contributed by atoms with E-state index in [0.29, 0.717) is 13.0 Å². The van der Waals surface area contributed by atoms with Crippen LogP contribution in [0.2, 0.25) is 0 Å². The molecule has 8 heteroatoms. The van der Waals surface area contributed by atoms with Gasteiger partial charge in [-0.2, -0.15) is 0 Å². The van der Waals surface area contributed by atoms with Crippen LogP contribution in [0, 0.1) is 0 Å². The molecule has 0 spiro atoms. The Morgan fingerprint density at radius 2 is 1.81 bits per heavy atom. The minimum absolute atomic E-state index is 0.143. The van der Waals surface area contributed by atoms with Crippen molar-refractivity contribution in [2.75, 3.05) is 33.8 Å². The smallest absolute Gasteiger partial charge is 0.274 e. The number of ether oxygens (including phenoxy) is 1. The number of nitrogens with zero attached hydrogens (tertiary/aromatic N) is 5. The number of hydrogen-bond donors (Lipinski definition) is 0. The lowest BCUT2D eigenvalue weighted by atomic mass is 9.90. The van der Waals surface area contributed by atoms with Gasteiger partial charge in [-0.3, -0.25) is 19.6 Å². The summed E-state index contributed by atoms with van der Waals surface area (Å²) in [6, 6.07) is 11.9. The van der Waals surface area contributed by atoms with Crippen LogP contribution in [0.5, 0.6) is 0 Å². The normalized spacial score (nSPS) is 18.2. The third-order valence-electron chi connectivity index (χ3n) is 5.49. The molecule has 1 fully saturated rings. The summed E-state index contributed by atoms with van der Waals surface area (Å²) in [4.78, 5) is 41.6. The average Bonchev–Trinajstić information content (AvgIpc) is 2.84. The molecular weight excluding hydrogens is 406 g/mol. The van der Waals surface area contributed by atoms with Gasteiger partial charge in [0.1, 0.15) is 5.69 Å². The number of benzene rings is 1. The number of carbonyl (C=O) groups is 2. The van der Waals surface area contributed by atoms with E-state index in [-0.39, 0.29) is 30.7 Å². The Kier molecular flexibility index (Phi) is 6.23. The van der Waals surface area contributed by atoms with Gasteiger partial charge in [0.15, 0.2) is 5.60 Å². The monoisotopic (exact) mass is 431 g/mol. The van der Waals surface area contributed by atoms with Gasteiger partial charge in [-0.05, 0) is 22.8 Å². The Labute approximate surface area is 186 Å². The third-order valence-corrected chi connectivity index (χ3v) is 5.49. The molecule has 0 N–H and O–H groups in total. The van der Waals surface area contributed by atoms with Crippen molar-refractivity contribution in [2.24, 2.45) is 0 Å². The zero-order valence-electron chi connectivity index (χ0n) is 18.1. The summed E-state index contributed by atoms with van der Waals surface area (Å²) in [6.07, 6.45) is 8.34. The van der Waals surface area contributed by atoms with E-state index in [1.807, 2.05) is 42.6 Å². The fourth-order valence-electron chi connectivity index (χ4n) is 3.93. The lowest BCUT2D eigenvalue weighted by Crippen LogP contribution is -2.61. The molecule has 0 aliphatic carbocycles. The van der Waals surface area contributed by atoms with Gasteiger partial charge in [0.25, 0.3) is 11.8 Å². The molecule has 0 saturated carbocycles. The van der Waals surface area contributed by atoms with Crippen molar-refractivity contribution in [3.05, 3.63) is 78.6 Å². The molecule has 1 atom stereocenters. The fraction of sp³-hybridized carbons (Fsp3) is 0.292. The van der Waals surface area contributed by atoms with Crippen molar-refractivity contribution in [3.63, 3.8) is 0 Å². The van der Waals surface area contributed by atoms with Crippen molar-refractivity contribution < 1.29 is 14.3 Å². The highest BCUT2D eigenvalue weighted by Crippen LogP contribution is 2.27. The standard InChI is InChI=1S/C24H25N5O3/c1-28(2)23(31)24(14-18-5-7-19(8-6-18)20-4-3-9-25-15-20)17-29(12-13-32-24)22(30)21-16-26-10-11-27-21/h3-11,15-16H,12-14,17H2,1-2H3/t24-/m0/s1. The first-order valence-corrected chi connectivity index (χ1v) is 10.4. The van der Waals surface area contributed by atoms with Gasteiger partial charge < -0.3 is 14.5 Å². The first-order valence-electron chi connectivity index (χ1n) is 10.4. The van der Waals surface area contributed by atoms with Crippen molar-refractivity contribution in [1.29, 1.82) is 0 Å². The van der Waals surface area contributed by atoms with E-state index in [1.165, 1.54) is 23.5 Å². The number of aromatic nitrogens is 3. The maximum Gasteiger partial charge on any atom is 0.274 e. The van der Waals surface area contributed by atoms with Crippen molar-refractivity contribution in [3.8, 4) is 11.1 Å². The highest BCUT2D eigenvalue weighted by molar-refractivity contribution is 5.93. The van der Waals surface area contributed by atoms with Gasteiger partial charge in [0, 0.05) is 51.8 Å². The number of hydrogen-bond acceptors (Lipinski definition) is 6. The lowest BCUT2D eigenvalue weighted by Gasteiger charge is -2.42. The summed E-state index contributed by atoms with van der Waals surface area (Å²) in [5.41, 5.74) is 2.09. The predicted octanol–water partition coefficient (Wildman–Crippen LogP) is 2.08. The molecule has 1 aromatic carbocycles. The Bertz CT molecular complexity index is 1070. The predicted molar refractivity (Wildman–Crippen MR) is 119 cm³/mol. The molecule has 32 heavy (non-hydrogen) atoms. The van der Waals surface area contributed by atoms with Crippen LogP contribution in [0.25, 0.3) is 11.1 Å². The number of rotatable bonds is 5. The van der Waals surface area contributed by atoms with Crippen LogP contribution >= 0.6 is 0 Å². The summed E-state index contributed by atoms with van der Waals surface area (Å²) in [7, 11) is 3.39. The first kappa shape index (κ1) is 21.6. The van der Waals surface area contributed by atoms with E-state index in [9.17, 15) is 9.59 Å². The molecule has 0 bridgehead atoms. The number of carbonyl (C=O) groups excluding carboxylic acids is 2. The SMILES string of the molecule is CN(C)C(=O)[C@]1(Cc2ccc(-c3cccnc3)cc2)CN(C(=O)c2cnccn2)CCO1. The van der Waals surface area contributed by atoms with Gasteiger partial charge in [0.2, 0.25) is 0 Å². The summed E-state index contributed by atoms with van der Waals surface area (Å²) in [5.74, 6) is -0.435. The number of likely N-dealkylation sites (N-methyl/N-ethyl adjacent to an activating group) is 1. The molecular formula is C24H25N5O3. The minimum atomic E-state index is -1.17. The highest BCUT2D eigenvalue weighted by atomic mass is 16.5. The molecule has 1 aliphatic rings. The number of pyridine rings is 1. The quantitative estimate of drug-likeness (QED) is 0.615. The van der Waals surface area contributed by atoms with Crippen LogP contribution in [-0.4, -0.2) is 76.0 Å². The summed E-state index contributed by atoms with van der Waals surface area (Å²) in [5, 5.41) is 0. The van der Waals surface area contributed by atoms with Crippen LogP contribution in [-0.2, 0) is 16.0 Å². The molecule has 8 nitrogen and oxygen atoms in total. The molecule has 2 aromatic heterocycles. The molecule has 164 valence electrons. The van der Waals surface area contributed by atoms with E-state index in [1.54, 1.807) is 25.2 Å². The van der Waals surface area contributed by atoms with Gasteiger partial charge in [-0.1, -0.05) is 30.3 Å². The molecule has 1 aliphatic heterocycles. The largest absolute Gasteiger partial charge is 0.361 e. The summed E-state index contributed by atoms with van der Waals surface area (Å²) < 4.78 is 6.09. The molecule has 1 saturated heterocycles. The van der Waals surface area contributed by atoms with Crippen LogP contribution < -0.4 is 0 Å². The topological polar surface area (TPSA) is 88.5 Å². The number of amides is 2. The van der Waals surface area contributed by atoms with E-state index >= 15 is 0 Å². The summed E-state index contributed by atoms with van der Waals surface area (Å²) in [6.45, 7) is 0.793. The third kappa shape index (κ3) is 4.50. The van der Waals surface area contributed by atoms with Crippen LogP contribution in [0.1, 0.15) is 16.1 Å². The van der Waals surface area contributed by atoms with Crippen LogP contribution in [0.3, 0.4) is 0 Å². The lowest BCUT2D eigenvalue weighted by molar-refractivity contribution is -0.165. The zero-order valence-corrected chi connectivity index (χ0v) is 18.1. The van der Waals surface area contributed by atoms with Crippen molar-refractivity contribution in [1.82, 2.24) is 24.8 Å². The van der Waals surface area contributed by atoms with E-state index in [4.69, 9.17) is 4.74 Å². The van der Waals surface area contributed by atoms with E-state index < -0.39 is 5.60 Å². The Morgan fingerprint density at radius 1 is 1.03 bits per heavy atom. The fourth-order valence-corrected chi connectivity index (χ4v) is 3.93. The van der Waals surface area contributed by atoms with E-state index in [0.717, 1.165) is 16.7 Å². The second-order valence-corrected chi connectivity index (χ2v) is 7.98. The molecule has 0 radical (unpaired) electrons. The zero-order chi connectivity index (χ0) is 22.6. The maximum atomic E-state index is 13.2. The maximum absolute atomic E-state index is 13.2. The van der Waals surface area contributed by atoms with Gasteiger partial charge >= 0.3 is 0 Å². The molecule has 2 amide bonds. The number of morpholine rings is 1. The van der Waals surface area contributed by atoms with E-state index in [2.05, 4.69) is 15.0 Å². The molecule has 4 rings (SSSR count). The second-order valence-electron chi connectivity index (χ2n) is 7.98. The van der Waals surface area contributed by atoms with Crippen molar-refractivity contribution >= 4 is 11.8 Å². The minimum Gasteiger partial charge on any atom is -0.361 e. The molecule has 0 unspecified atom stereocenters. The Hall–Kier alpha value is -3.65. The second kappa shape index (κ2) is 9.23. The first-order chi connectivity index (χ1) is 15.5. The molecule has 3 heterocycles. The van der Waals surface area contributed by atoms with Crippen LogP contribution in [0.15, 0.2) is 67.4 Å². The van der Waals surface area contributed by atoms with Crippen molar-refractivity contribution in [2.45, 2.75) is 12.0 Å². The van der Waals surface area contributed by atoms with Gasteiger partial charge in [-0.25, -0.2) is 4.98 Å². The van der Waals surface area contributed by atoms with Gasteiger partial charge in [-0.15, -0.1) is 0 Å². The van der Waals surface area contributed by atoms with Gasteiger partial charge in [0.05, 0.1) is 19.3 Å². The Balaban J connectivity index is 1.59. The average molecular weight is 431 g/mol. The Morgan fingerprint density at radius 3 is 2.47 bits per heavy atom. The highest BCUT2D eigenvalue weighted by Gasteiger charge is 2.46. The van der Waals surface area contributed by atoms with Crippen LogP contribution in [0.4, 0.5) is 0 Å². The summed E-state index contributed by atoms with van der Waals surface area (Å²) >= 11 is 0. The molecule has 3 aromatic rings.